The fourth-order valence-electron chi connectivity index (χ4n) is 0.0976. The summed E-state index contributed by atoms with van der Waals surface area (Å²) in [4.78, 5) is 1.04. The van der Waals surface area contributed by atoms with E-state index in [2.05, 4.69) is 0 Å². The molecule has 0 saturated carbocycles. The van der Waals surface area contributed by atoms with E-state index in [1.54, 1.807) is 0 Å². The highest BCUT2D eigenvalue weighted by atomic mass is 19.2. The van der Waals surface area contributed by atoms with Crippen molar-refractivity contribution in [1.82, 2.24) is 4.90 Å². The predicted octanol–water partition coefficient (Wildman–Crippen LogP) is 1.29. The van der Waals surface area contributed by atoms with Crippen LogP contribution in [0.5, 0.6) is 0 Å². The molecule has 0 unspecified atom stereocenters. The first kappa shape index (κ1) is 6.40. The molecule has 0 aromatic heterocycles. The van der Waals surface area contributed by atoms with Gasteiger partial charge in [-0.3, -0.25) is 0 Å². The zero-order valence-corrected chi connectivity index (χ0v) is 4.28. The number of nitrogens with zero attached hydrogens (tertiary/aromatic N) is 1. The average Bonchev–Trinajstić information content (AvgIpc) is 1.65. The van der Waals surface area contributed by atoms with Crippen LogP contribution in [0.25, 0.3) is 0 Å². The molecule has 0 aliphatic heterocycles. The van der Waals surface area contributed by atoms with Crippen molar-refractivity contribution in [2.45, 2.75) is 0 Å². The van der Waals surface area contributed by atoms with Crippen molar-refractivity contribution in [2.24, 2.45) is 0 Å². The van der Waals surface area contributed by atoms with E-state index in [4.69, 9.17) is 0 Å². The molecule has 3 heteroatoms. The molecular formula is C4H7F2N. The molecule has 0 saturated heterocycles. The molecule has 1 nitrogen and oxygen atoms in total. The van der Waals surface area contributed by atoms with Gasteiger partial charge in [0.15, 0.2) is 0 Å². The summed E-state index contributed by atoms with van der Waals surface area (Å²) in [6, 6.07) is 0. The third kappa shape index (κ3) is 2.14. The summed E-state index contributed by atoms with van der Waals surface area (Å²) in [5.41, 5.74) is 0. The van der Waals surface area contributed by atoms with E-state index in [1.165, 1.54) is 14.1 Å². The summed E-state index contributed by atoms with van der Waals surface area (Å²) in [6.45, 7) is 0. The van der Waals surface area contributed by atoms with Gasteiger partial charge < -0.3 is 4.90 Å². The fourth-order valence-corrected chi connectivity index (χ4v) is 0.0976. The minimum atomic E-state index is -0.861. The Morgan fingerprint density at radius 2 is 2.00 bits per heavy atom. The second-order valence-electron chi connectivity index (χ2n) is 1.33. The Labute approximate surface area is 41.2 Å². The minimum absolute atomic E-state index is 0.0833. The molecule has 0 atom stereocenters. The summed E-state index contributed by atoms with van der Waals surface area (Å²) in [5.74, 6) is -0.861. The molecule has 0 aromatic rings. The second kappa shape index (κ2) is 2.55. The van der Waals surface area contributed by atoms with E-state index in [0.29, 0.717) is 0 Å². The van der Waals surface area contributed by atoms with Gasteiger partial charge in [-0.1, -0.05) is 0 Å². The number of hydrogen-bond donors (Lipinski definition) is 0. The van der Waals surface area contributed by atoms with E-state index in [1.807, 2.05) is 0 Å². The van der Waals surface area contributed by atoms with Crippen LogP contribution in [0.2, 0.25) is 0 Å². The summed E-state index contributed by atoms with van der Waals surface area (Å²) in [6.07, 6.45) is -0.0833. The normalized spacial score (nSPS) is 11.7. The Morgan fingerprint density at radius 1 is 1.57 bits per heavy atom. The molecule has 0 N–H and O–H groups in total. The highest BCUT2D eigenvalue weighted by molar-refractivity contribution is 4.79. The first-order valence-electron chi connectivity index (χ1n) is 1.81. The van der Waals surface area contributed by atoms with Crippen LogP contribution in [0.3, 0.4) is 0 Å². The van der Waals surface area contributed by atoms with Crippen LogP contribution in [-0.2, 0) is 0 Å². The molecule has 0 rings (SSSR count). The Bertz CT molecular complexity index is 77.8. The largest absolute Gasteiger partial charge is 0.353 e. The Hall–Kier alpha value is -0.600. The lowest BCUT2D eigenvalue weighted by atomic mass is 10.8. The third-order valence-electron chi connectivity index (χ3n) is 0.517. The first-order chi connectivity index (χ1) is 3.18. The highest BCUT2D eigenvalue weighted by Crippen LogP contribution is 1.97. The Morgan fingerprint density at radius 3 is 2.00 bits per heavy atom. The van der Waals surface area contributed by atoms with Crippen molar-refractivity contribution in [3.05, 3.63) is 12.3 Å². The quantitative estimate of drug-likeness (QED) is 0.456. The lowest BCUT2D eigenvalue weighted by Gasteiger charge is -2.04. The fraction of sp³-hybridized carbons (Fsp3) is 0.500. The highest BCUT2D eigenvalue weighted by Gasteiger charge is 1.91. The molecule has 0 amide bonds. The number of hydrogen-bond acceptors (Lipinski definition) is 1. The van der Waals surface area contributed by atoms with Gasteiger partial charge in [0.1, 0.15) is 6.33 Å². The van der Waals surface area contributed by atoms with Crippen LogP contribution in [0.4, 0.5) is 8.78 Å². The maximum absolute atomic E-state index is 11.7. The van der Waals surface area contributed by atoms with Crippen LogP contribution in [0.1, 0.15) is 0 Å². The Balaban J connectivity index is 3.56. The van der Waals surface area contributed by atoms with Gasteiger partial charge in [-0.15, -0.1) is 0 Å². The van der Waals surface area contributed by atoms with Crippen LogP contribution >= 0.6 is 0 Å². The molecule has 42 valence electrons. The maximum Gasteiger partial charge on any atom is 0.217 e. The van der Waals surface area contributed by atoms with Crippen LogP contribution in [-0.4, -0.2) is 19.0 Å². The monoisotopic (exact) mass is 107 g/mol. The molecule has 0 heterocycles. The van der Waals surface area contributed by atoms with E-state index in [9.17, 15) is 8.78 Å². The second-order valence-corrected chi connectivity index (χ2v) is 1.33. The van der Waals surface area contributed by atoms with Crippen LogP contribution in [0.15, 0.2) is 12.3 Å². The third-order valence-corrected chi connectivity index (χ3v) is 0.517. The molecule has 0 aromatic carbocycles. The minimum Gasteiger partial charge on any atom is -0.353 e. The SMILES string of the molecule is CN(C)/C(F)=C\F. The van der Waals surface area contributed by atoms with Gasteiger partial charge >= 0.3 is 0 Å². The summed E-state index contributed by atoms with van der Waals surface area (Å²) in [7, 11) is 2.84. The molecule has 0 fully saturated rings. The van der Waals surface area contributed by atoms with Gasteiger partial charge in [0, 0.05) is 14.1 Å². The van der Waals surface area contributed by atoms with E-state index in [-0.39, 0.29) is 6.33 Å². The molecule has 0 spiro atoms. The summed E-state index contributed by atoms with van der Waals surface area (Å²) >= 11 is 0. The number of rotatable bonds is 1. The maximum atomic E-state index is 11.7. The summed E-state index contributed by atoms with van der Waals surface area (Å²) in [5, 5.41) is 0. The van der Waals surface area contributed by atoms with E-state index >= 15 is 0 Å². The van der Waals surface area contributed by atoms with Gasteiger partial charge in [0.25, 0.3) is 0 Å². The van der Waals surface area contributed by atoms with Crippen molar-refractivity contribution in [3.63, 3.8) is 0 Å². The molecular weight excluding hydrogens is 100 g/mol. The van der Waals surface area contributed by atoms with E-state index < -0.39 is 5.95 Å². The standard InChI is InChI=1S/C4H7F2N/c1-7(2)4(6)3-5/h3H,1-2H3/b4-3-. The van der Waals surface area contributed by atoms with Gasteiger partial charge in [0.05, 0.1) is 0 Å². The van der Waals surface area contributed by atoms with Crippen LogP contribution in [0, 0.1) is 0 Å². The number of halogens is 2. The topological polar surface area (TPSA) is 3.24 Å². The van der Waals surface area contributed by atoms with Gasteiger partial charge in [0.2, 0.25) is 5.95 Å². The van der Waals surface area contributed by atoms with Crippen molar-refractivity contribution >= 4 is 0 Å². The lowest BCUT2D eigenvalue weighted by molar-refractivity contribution is 0.359. The van der Waals surface area contributed by atoms with Crippen LogP contribution < -0.4 is 0 Å². The van der Waals surface area contributed by atoms with Crippen molar-refractivity contribution in [3.8, 4) is 0 Å². The molecule has 0 bridgehead atoms. The van der Waals surface area contributed by atoms with Crippen molar-refractivity contribution in [1.29, 1.82) is 0 Å². The van der Waals surface area contributed by atoms with Gasteiger partial charge in [-0.25, -0.2) is 4.39 Å². The lowest BCUT2D eigenvalue weighted by Crippen LogP contribution is -2.05. The van der Waals surface area contributed by atoms with Gasteiger partial charge in [-0.05, 0) is 0 Å². The molecule has 0 radical (unpaired) electrons. The average molecular weight is 107 g/mol. The molecule has 0 aliphatic carbocycles. The van der Waals surface area contributed by atoms with E-state index in [0.717, 1.165) is 4.90 Å². The molecule has 0 aliphatic rings. The smallest absolute Gasteiger partial charge is 0.217 e. The zero-order chi connectivity index (χ0) is 5.86. The first-order valence-corrected chi connectivity index (χ1v) is 1.81. The summed E-state index contributed by atoms with van der Waals surface area (Å²) < 4.78 is 22.7. The van der Waals surface area contributed by atoms with Gasteiger partial charge in [-0.2, -0.15) is 4.39 Å². The van der Waals surface area contributed by atoms with Crippen molar-refractivity contribution < 1.29 is 8.78 Å². The van der Waals surface area contributed by atoms with Crippen molar-refractivity contribution in [2.75, 3.05) is 14.1 Å². The molecule has 7 heavy (non-hydrogen) atoms. The Kier molecular flexibility index (Phi) is 2.33. The zero-order valence-electron chi connectivity index (χ0n) is 4.28. The predicted molar refractivity (Wildman–Crippen MR) is 24.0 cm³/mol.